The predicted molar refractivity (Wildman–Crippen MR) is 110 cm³/mol. The predicted octanol–water partition coefficient (Wildman–Crippen LogP) is 7.70. The highest BCUT2D eigenvalue weighted by Crippen LogP contribution is 2.25. The first-order valence-electron chi connectivity index (χ1n) is 9.04. The zero-order chi connectivity index (χ0) is 17.6. The largest absolute Gasteiger partial charge is 0.0807 e. The maximum absolute atomic E-state index is 2.25. The van der Waals surface area contributed by atoms with Gasteiger partial charge in [0.05, 0.1) is 0 Å². The van der Waals surface area contributed by atoms with Crippen molar-refractivity contribution in [2.45, 2.75) is 40.5 Å². The van der Waals surface area contributed by atoms with Gasteiger partial charge in [0, 0.05) is 0 Å². The molecule has 0 fully saturated rings. The quantitative estimate of drug-likeness (QED) is 0.532. The Labute approximate surface area is 148 Å². The monoisotopic (exact) mass is 318 g/mol. The first-order valence-corrected chi connectivity index (χ1v) is 9.04. The molecule has 2 aromatic carbocycles. The third-order valence-electron chi connectivity index (χ3n) is 3.28. The van der Waals surface area contributed by atoms with Gasteiger partial charge < -0.3 is 0 Å². The Kier molecular flexibility index (Phi) is 9.96. The number of rotatable bonds is 2. The summed E-state index contributed by atoms with van der Waals surface area (Å²) < 4.78 is 0. The van der Waals surface area contributed by atoms with Crippen LogP contribution in [0.15, 0.2) is 85.0 Å². The van der Waals surface area contributed by atoms with Crippen LogP contribution in [0.5, 0.6) is 0 Å². The van der Waals surface area contributed by atoms with E-state index in [4.69, 9.17) is 0 Å². The van der Waals surface area contributed by atoms with E-state index >= 15 is 0 Å². The first kappa shape index (κ1) is 19.7. The van der Waals surface area contributed by atoms with E-state index in [1.54, 1.807) is 0 Å². The van der Waals surface area contributed by atoms with Crippen LogP contribution in [-0.2, 0) is 0 Å². The minimum atomic E-state index is 1.01. The molecule has 0 unspecified atom stereocenters. The summed E-state index contributed by atoms with van der Waals surface area (Å²) in [4.78, 5) is 0. The van der Waals surface area contributed by atoms with E-state index in [0.717, 1.165) is 6.42 Å². The molecule has 0 aliphatic heterocycles. The molecule has 0 radical (unpaired) electrons. The standard InChI is InChI=1S/C19H16.C3H8.C2H6/c1-2-5-10-16(9-4-1)18-13-8-14-19(15-18)17-11-6-3-7-12-17;1-3-2;1-2/h1,3-15H,2H2;3H2,1-2H3;1-2H3. The van der Waals surface area contributed by atoms with Gasteiger partial charge in [0.25, 0.3) is 0 Å². The summed E-state index contributed by atoms with van der Waals surface area (Å²) in [7, 11) is 0. The van der Waals surface area contributed by atoms with Gasteiger partial charge in [-0.1, -0.05) is 113 Å². The Hall–Kier alpha value is -2.34. The Morgan fingerprint density at radius 1 is 0.750 bits per heavy atom. The van der Waals surface area contributed by atoms with Gasteiger partial charge in [0.1, 0.15) is 0 Å². The van der Waals surface area contributed by atoms with Crippen LogP contribution in [0.4, 0.5) is 0 Å². The second kappa shape index (κ2) is 12.1. The lowest BCUT2D eigenvalue weighted by Crippen LogP contribution is -1.83. The average molecular weight is 319 g/mol. The van der Waals surface area contributed by atoms with Crippen molar-refractivity contribution in [3.63, 3.8) is 0 Å². The van der Waals surface area contributed by atoms with Crippen LogP contribution in [0, 0.1) is 0 Å². The lowest BCUT2D eigenvalue weighted by molar-refractivity contribution is 1.09. The summed E-state index contributed by atoms with van der Waals surface area (Å²) in [5.41, 5.74) is 5.06. The smallest absolute Gasteiger partial charge is 0.0163 e. The highest BCUT2D eigenvalue weighted by atomic mass is 14.1. The van der Waals surface area contributed by atoms with E-state index in [1.807, 2.05) is 13.8 Å². The molecule has 1 aliphatic carbocycles. The van der Waals surface area contributed by atoms with Crippen LogP contribution < -0.4 is 0 Å². The van der Waals surface area contributed by atoms with Gasteiger partial charge in [0.15, 0.2) is 0 Å². The van der Waals surface area contributed by atoms with Crippen LogP contribution in [0.1, 0.15) is 46.1 Å². The molecule has 0 amide bonds. The lowest BCUT2D eigenvalue weighted by atomic mass is 9.99. The van der Waals surface area contributed by atoms with Crippen molar-refractivity contribution in [1.29, 1.82) is 0 Å². The van der Waals surface area contributed by atoms with E-state index in [2.05, 4.69) is 98.8 Å². The summed E-state index contributed by atoms with van der Waals surface area (Å²) in [5.74, 6) is 0. The molecule has 0 aromatic heterocycles. The SMILES string of the molecule is C1=CCC=CC(c2cccc(-c3ccccc3)c2)=C1.CC.CCC. The van der Waals surface area contributed by atoms with Crippen molar-refractivity contribution >= 4 is 5.57 Å². The molecule has 0 heterocycles. The fourth-order valence-electron chi connectivity index (χ4n) is 2.28. The molecule has 24 heavy (non-hydrogen) atoms. The van der Waals surface area contributed by atoms with Crippen molar-refractivity contribution in [2.75, 3.05) is 0 Å². The Balaban J connectivity index is 0.000000521. The highest BCUT2D eigenvalue weighted by Gasteiger charge is 2.02. The Morgan fingerprint density at radius 3 is 2.08 bits per heavy atom. The zero-order valence-corrected chi connectivity index (χ0v) is 15.5. The van der Waals surface area contributed by atoms with Crippen molar-refractivity contribution < 1.29 is 0 Å². The van der Waals surface area contributed by atoms with Crippen LogP contribution in [0.3, 0.4) is 0 Å². The molecule has 2 aromatic rings. The van der Waals surface area contributed by atoms with Crippen molar-refractivity contribution in [3.05, 3.63) is 90.5 Å². The van der Waals surface area contributed by atoms with Crippen LogP contribution >= 0.6 is 0 Å². The molecule has 0 saturated carbocycles. The third kappa shape index (κ3) is 6.42. The van der Waals surface area contributed by atoms with Crippen molar-refractivity contribution in [1.82, 2.24) is 0 Å². The second-order valence-corrected chi connectivity index (χ2v) is 5.34. The normalized spacial score (nSPS) is 12.1. The lowest BCUT2D eigenvalue weighted by Gasteiger charge is -2.06. The molecule has 0 heteroatoms. The van der Waals surface area contributed by atoms with Gasteiger partial charge in [-0.25, -0.2) is 0 Å². The van der Waals surface area contributed by atoms with Gasteiger partial charge in [-0.2, -0.15) is 0 Å². The Bertz CT molecular complexity index is 657. The van der Waals surface area contributed by atoms with Gasteiger partial charge in [-0.15, -0.1) is 0 Å². The van der Waals surface area contributed by atoms with E-state index < -0.39 is 0 Å². The minimum absolute atomic E-state index is 1.01. The minimum Gasteiger partial charge on any atom is -0.0807 e. The summed E-state index contributed by atoms with van der Waals surface area (Å²) in [6.07, 6.45) is 13.1. The molecule has 0 spiro atoms. The topological polar surface area (TPSA) is 0 Å². The molecule has 1 aliphatic rings. The molecule has 126 valence electrons. The highest BCUT2D eigenvalue weighted by molar-refractivity contribution is 5.79. The zero-order valence-electron chi connectivity index (χ0n) is 15.5. The maximum atomic E-state index is 2.25. The van der Waals surface area contributed by atoms with Crippen LogP contribution in [0.2, 0.25) is 0 Å². The van der Waals surface area contributed by atoms with Gasteiger partial charge in [-0.3, -0.25) is 0 Å². The van der Waals surface area contributed by atoms with E-state index in [0.29, 0.717) is 0 Å². The second-order valence-electron chi connectivity index (χ2n) is 5.34. The third-order valence-corrected chi connectivity index (χ3v) is 3.28. The molecule has 3 rings (SSSR count). The number of benzene rings is 2. The summed E-state index contributed by atoms with van der Waals surface area (Å²) >= 11 is 0. The van der Waals surface area contributed by atoms with E-state index in [-0.39, 0.29) is 0 Å². The molecular weight excluding hydrogens is 288 g/mol. The molecule has 0 N–H and O–H groups in total. The molecule has 0 atom stereocenters. The summed E-state index contributed by atoms with van der Waals surface area (Å²) in [5, 5.41) is 0. The van der Waals surface area contributed by atoms with Crippen molar-refractivity contribution in [3.8, 4) is 11.1 Å². The number of hydrogen-bond acceptors (Lipinski definition) is 0. The fraction of sp³-hybridized carbons (Fsp3) is 0.250. The molecule has 0 bridgehead atoms. The molecule has 0 nitrogen and oxygen atoms in total. The summed E-state index contributed by atoms with van der Waals surface area (Å²) in [6, 6.07) is 19.2. The summed E-state index contributed by atoms with van der Waals surface area (Å²) in [6.45, 7) is 8.25. The van der Waals surface area contributed by atoms with Crippen LogP contribution in [-0.4, -0.2) is 0 Å². The number of allylic oxidation sites excluding steroid dienone is 6. The molecular formula is C24H30. The van der Waals surface area contributed by atoms with Gasteiger partial charge >= 0.3 is 0 Å². The first-order chi connectivity index (χ1) is 11.8. The van der Waals surface area contributed by atoms with E-state index in [1.165, 1.54) is 28.7 Å². The maximum Gasteiger partial charge on any atom is -0.0163 e. The fourth-order valence-corrected chi connectivity index (χ4v) is 2.28. The van der Waals surface area contributed by atoms with Gasteiger partial charge in [0.2, 0.25) is 0 Å². The van der Waals surface area contributed by atoms with E-state index in [9.17, 15) is 0 Å². The van der Waals surface area contributed by atoms with Gasteiger partial charge in [-0.05, 0) is 34.8 Å². The van der Waals surface area contributed by atoms with Crippen molar-refractivity contribution in [2.24, 2.45) is 0 Å². The number of hydrogen-bond donors (Lipinski definition) is 0. The van der Waals surface area contributed by atoms with Crippen LogP contribution in [0.25, 0.3) is 16.7 Å². The Morgan fingerprint density at radius 2 is 1.38 bits per heavy atom. The average Bonchev–Trinajstić information content (AvgIpc) is 2.94. The molecule has 0 saturated heterocycles.